The summed E-state index contributed by atoms with van der Waals surface area (Å²) in [5.74, 6) is -0.611. The average Bonchev–Trinajstić information content (AvgIpc) is 2.56. The molecule has 1 unspecified atom stereocenters. The second-order valence-corrected chi connectivity index (χ2v) is 7.05. The van der Waals surface area contributed by atoms with Gasteiger partial charge in [0.15, 0.2) is 0 Å². The number of hydrogen-bond acceptors (Lipinski definition) is 4. The number of piperidine rings is 1. The van der Waals surface area contributed by atoms with Crippen LogP contribution in [-0.2, 0) is 19.1 Å². The van der Waals surface area contributed by atoms with E-state index in [2.05, 4.69) is 5.32 Å². The Kier molecular flexibility index (Phi) is 7.18. The van der Waals surface area contributed by atoms with Crippen LogP contribution in [0.4, 0.5) is 0 Å². The minimum absolute atomic E-state index is 0.0116. The molecule has 0 radical (unpaired) electrons. The molecule has 1 aromatic rings. The maximum atomic E-state index is 12.5. The Labute approximate surface area is 154 Å². The molecule has 0 spiro atoms. The van der Waals surface area contributed by atoms with Crippen LogP contribution in [0.25, 0.3) is 0 Å². The van der Waals surface area contributed by atoms with Gasteiger partial charge in [0.25, 0.3) is 0 Å². The molecule has 26 heavy (non-hydrogen) atoms. The summed E-state index contributed by atoms with van der Waals surface area (Å²) >= 11 is 0. The number of esters is 1. The highest BCUT2D eigenvalue weighted by atomic mass is 16.5. The quantitative estimate of drug-likeness (QED) is 0.758. The number of ether oxygens (including phenoxy) is 1. The largest absolute Gasteiger partial charge is 0.463 e. The van der Waals surface area contributed by atoms with Crippen LogP contribution in [0.15, 0.2) is 24.3 Å². The lowest BCUT2D eigenvalue weighted by Crippen LogP contribution is -2.44. The zero-order valence-electron chi connectivity index (χ0n) is 15.8. The average molecular weight is 360 g/mol. The maximum absolute atomic E-state index is 12.5. The van der Waals surface area contributed by atoms with Gasteiger partial charge in [-0.05, 0) is 39.2 Å². The molecule has 2 amide bonds. The fourth-order valence-corrected chi connectivity index (χ4v) is 2.97. The number of carbonyl (C=O) groups excluding carboxylic acids is 3. The number of benzene rings is 1. The lowest BCUT2D eigenvalue weighted by Gasteiger charge is -2.27. The molecule has 1 fully saturated rings. The van der Waals surface area contributed by atoms with Crippen molar-refractivity contribution in [3.05, 3.63) is 35.4 Å². The summed E-state index contributed by atoms with van der Waals surface area (Å²) in [4.78, 5) is 38.0. The zero-order chi connectivity index (χ0) is 19.1. The van der Waals surface area contributed by atoms with Crippen molar-refractivity contribution in [3.63, 3.8) is 0 Å². The minimum atomic E-state index is -0.478. The third kappa shape index (κ3) is 6.17. The Morgan fingerprint density at radius 2 is 1.88 bits per heavy atom. The number of likely N-dealkylation sites (tertiary alicyclic amines) is 1. The van der Waals surface area contributed by atoms with Crippen LogP contribution in [0, 0.1) is 6.92 Å². The molecule has 142 valence electrons. The second-order valence-electron chi connectivity index (χ2n) is 7.05. The molecule has 1 heterocycles. The fourth-order valence-electron chi connectivity index (χ4n) is 2.97. The van der Waals surface area contributed by atoms with E-state index in [0.29, 0.717) is 13.0 Å². The van der Waals surface area contributed by atoms with E-state index < -0.39 is 6.04 Å². The van der Waals surface area contributed by atoms with E-state index in [1.165, 1.54) is 0 Å². The van der Waals surface area contributed by atoms with Gasteiger partial charge in [-0.2, -0.15) is 0 Å². The van der Waals surface area contributed by atoms with Gasteiger partial charge in [0.1, 0.15) is 0 Å². The monoisotopic (exact) mass is 360 g/mol. The lowest BCUT2D eigenvalue weighted by atomic mass is 10.0. The Morgan fingerprint density at radius 1 is 1.19 bits per heavy atom. The molecule has 1 saturated heterocycles. The summed E-state index contributed by atoms with van der Waals surface area (Å²) < 4.78 is 5.22. The number of rotatable bonds is 7. The number of carbonyl (C=O) groups is 3. The molecule has 1 aliphatic rings. The van der Waals surface area contributed by atoms with E-state index in [1.54, 1.807) is 18.7 Å². The molecule has 0 saturated carbocycles. The van der Waals surface area contributed by atoms with E-state index in [1.807, 2.05) is 31.2 Å². The molecule has 6 heteroatoms. The molecule has 0 aromatic heterocycles. The molecule has 1 N–H and O–H groups in total. The van der Waals surface area contributed by atoms with Crippen molar-refractivity contribution in [2.45, 2.75) is 58.6 Å². The van der Waals surface area contributed by atoms with Crippen LogP contribution in [0.3, 0.4) is 0 Å². The fraction of sp³-hybridized carbons (Fsp3) is 0.550. The molecule has 0 bridgehead atoms. The van der Waals surface area contributed by atoms with Gasteiger partial charge in [0.05, 0.1) is 25.1 Å². The van der Waals surface area contributed by atoms with E-state index in [0.717, 1.165) is 24.0 Å². The van der Waals surface area contributed by atoms with Crippen molar-refractivity contribution >= 4 is 17.8 Å². The predicted octanol–water partition coefficient (Wildman–Crippen LogP) is 2.51. The van der Waals surface area contributed by atoms with Crippen LogP contribution >= 0.6 is 0 Å². The Bertz CT molecular complexity index is 640. The lowest BCUT2D eigenvalue weighted by molar-refractivity contribution is -0.148. The molecule has 6 nitrogen and oxygen atoms in total. The number of amides is 2. The van der Waals surface area contributed by atoms with Crippen LogP contribution in [-0.4, -0.2) is 41.9 Å². The van der Waals surface area contributed by atoms with Crippen molar-refractivity contribution in [2.24, 2.45) is 0 Å². The third-order valence-corrected chi connectivity index (χ3v) is 4.31. The first-order valence-corrected chi connectivity index (χ1v) is 9.18. The Balaban J connectivity index is 2.04. The normalized spacial score (nSPS) is 15.7. The van der Waals surface area contributed by atoms with Crippen LogP contribution in [0.2, 0.25) is 0 Å². The van der Waals surface area contributed by atoms with E-state index in [4.69, 9.17) is 4.74 Å². The maximum Gasteiger partial charge on any atom is 0.308 e. The van der Waals surface area contributed by atoms with Gasteiger partial charge < -0.3 is 15.0 Å². The highest BCUT2D eigenvalue weighted by Crippen LogP contribution is 2.19. The smallest absolute Gasteiger partial charge is 0.308 e. The van der Waals surface area contributed by atoms with Crippen LogP contribution in [0.5, 0.6) is 0 Å². The first-order valence-electron chi connectivity index (χ1n) is 9.18. The molecular formula is C20H28N2O4. The predicted molar refractivity (Wildman–Crippen MR) is 98.3 cm³/mol. The van der Waals surface area contributed by atoms with E-state index in [-0.39, 0.29) is 36.9 Å². The summed E-state index contributed by atoms with van der Waals surface area (Å²) in [5.41, 5.74) is 1.94. The summed E-state index contributed by atoms with van der Waals surface area (Å²) in [6.45, 7) is 6.20. The van der Waals surface area contributed by atoms with Crippen LogP contribution in [0.1, 0.15) is 56.7 Å². The second kappa shape index (κ2) is 9.36. The molecule has 1 aliphatic heterocycles. The van der Waals surface area contributed by atoms with Crippen molar-refractivity contribution < 1.29 is 19.1 Å². The standard InChI is InChI=1S/C20H28N2O4/c1-14(2)26-20(25)12-17(16-9-7-15(3)8-10-16)21-18(23)13-22-11-5-4-6-19(22)24/h7-10,14,17H,4-6,11-13H2,1-3H3,(H,21,23). The van der Waals surface area contributed by atoms with Gasteiger partial charge >= 0.3 is 5.97 Å². The van der Waals surface area contributed by atoms with Crippen molar-refractivity contribution in [1.29, 1.82) is 0 Å². The van der Waals surface area contributed by atoms with Gasteiger partial charge in [-0.1, -0.05) is 29.8 Å². The number of aryl methyl sites for hydroxylation is 1. The van der Waals surface area contributed by atoms with Gasteiger partial charge in [-0.25, -0.2) is 0 Å². The highest BCUT2D eigenvalue weighted by Gasteiger charge is 2.24. The van der Waals surface area contributed by atoms with Gasteiger partial charge in [-0.3, -0.25) is 14.4 Å². The zero-order valence-corrected chi connectivity index (χ0v) is 15.8. The number of hydrogen-bond donors (Lipinski definition) is 1. The summed E-state index contributed by atoms with van der Waals surface area (Å²) in [6.07, 6.45) is 2.14. The summed E-state index contributed by atoms with van der Waals surface area (Å²) in [6, 6.07) is 7.20. The van der Waals surface area contributed by atoms with Crippen molar-refractivity contribution in [3.8, 4) is 0 Å². The van der Waals surface area contributed by atoms with Gasteiger partial charge in [0.2, 0.25) is 11.8 Å². The molecular weight excluding hydrogens is 332 g/mol. The molecule has 1 atom stereocenters. The Hall–Kier alpha value is -2.37. The third-order valence-electron chi connectivity index (χ3n) is 4.31. The summed E-state index contributed by atoms with van der Waals surface area (Å²) in [5, 5.41) is 2.89. The first kappa shape index (κ1) is 19.9. The van der Waals surface area contributed by atoms with E-state index in [9.17, 15) is 14.4 Å². The SMILES string of the molecule is Cc1ccc(C(CC(=O)OC(C)C)NC(=O)CN2CCCCC2=O)cc1. The minimum Gasteiger partial charge on any atom is -0.463 e. The molecule has 2 rings (SSSR count). The summed E-state index contributed by atoms with van der Waals surface area (Å²) in [7, 11) is 0. The first-order chi connectivity index (χ1) is 12.3. The van der Waals surface area contributed by atoms with Crippen molar-refractivity contribution in [1.82, 2.24) is 10.2 Å². The van der Waals surface area contributed by atoms with Crippen molar-refractivity contribution in [2.75, 3.05) is 13.1 Å². The molecule has 1 aromatic carbocycles. The van der Waals surface area contributed by atoms with Crippen LogP contribution < -0.4 is 5.32 Å². The highest BCUT2D eigenvalue weighted by molar-refractivity contribution is 5.85. The van der Waals surface area contributed by atoms with Gasteiger partial charge in [0, 0.05) is 13.0 Å². The van der Waals surface area contributed by atoms with E-state index >= 15 is 0 Å². The molecule has 0 aliphatic carbocycles. The number of nitrogens with zero attached hydrogens (tertiary/aromatic N) is 1. The number of nitrogens with one attached hydrogen (secondary N) is 1. The Morgan fingerprint density at radius 3 is 2.50 bits per heavy atom. The van der Waals surface area contributed by atoms with Gasteiger partial charge in [-0.15, -0.1) is 0 Å². The topological polar surface area (TPSA) is 75.7 Å².